The lowest BCUT2D eigenvalue weighted by atomic mass is 10.1. The third kappa shape index (κ3) is 4.54. The van der Waals surface area contributed by atoms with Gasteiger partial charge in [0.15, 0.2) is 5.69 Å². The molecule has 3 aromatic rings. The molecule has 166 valence electrons. The molecule has 2 heterocycles. The Bertz CT molecular complexity index is 1180. The van der Waals surface area contributed by atoms with Gasteiger partial charge in [0.1, 0.15) is 11.9 Å². The SMILES string of the molecule is CC(NC(=O)Cn1ncc2c(c(C(F)(F)F)nn2C)c1=O)c1ccc(C(F)(F)F)cc1. The van der Waals surface area contributed by atoms with Crippen molar-refractivity contribution < 1.29 is 31.1 Å². The Morgan fingerprint density at radius 3 is 2.26 bits per heavy atom. The molecule has 0 bridgehead atoms. The van der Waals surface area contributed by atoms with Gasteiger partial charge in [-0.2, -0.15) is 36.5 Å². The van der Waals surface area contributed by atoms with Crippen LogP contribution in [0.1, 0.15) is 29.8 Å². The molecule has 0 aliphatic heterocycles. The molecule has 1 aromatic carbocycles. The highest BCUT2D eigenvalue weighted by Gasteiger charge is 2.38. The van der Waals surface area contributed by atoms with Gasteiger partial charge in [-0.3, -0.25) is 14.3 Å². The molecule has 1 unspecified atom stereocenters. The summed E-state index contributed by atoms with van der Waals surface area (Å²) in [6.07, 6.45) is -8.39. The van der Waals surface area contributed by atoms with E-state index in [1.165, 1.54) is 26.1 Å². The highest BCUT2D eigenvalue weighted by Crippen LogP contribution is 2.32. The van der Waals surface area contributed by atoms with Gasteiger partial charge in [0.05, 0.1) is 23.3 Å². The number of halogens is 6. The van der Waals surface area contributed by atoms with Crippen molar-refractivity contribution in [1.82, 2.24) is 24.9 Å². The molecule has 1 N–H and O–H groups in total. The molecule has 0 saturated carbocycles. The maximum absolute atomic E-state index is 13.2. The maximum atomic E-state index is 13.2. The summed E-state index contributed by atoms with van der Waals surface area (Å²) in [5.41, 5.74) is -3.16. The zero-order valence-corrected chi connectivity index (χ0v) is 16.0. The number of hydrogen-bond acceptors (Lipinski definition) is 4. The van der Waals surface area contributed by atoms with Crippen molar-refractivity contribution in [1.29, 1.82) is 0 Å². The Kier molecular flexibility index (Phi) is 5.54. The summed E-state index contributed by atoms with van der Waals surface area (Å²) in [6, 6.07) is 3.38. The fourth-order valence-electron chi connectivity index (χ4n) is 2.98. The molecule has 0 aliphatic carbocycles. The fourth-order valence-corrected chi connectivity index (χ4v) is 2.98. The Labute approximate surface area is 170 Å². The number of nitrogens with one attached hydrogen (secondary N) is 1. The van der Waals surface area contributed by atoms with Gasteiger partial charge in [-0.05, 0) is 24.6 Å². The normalized spacial score (nSPS) is 13.4. The molecule has 1 atom stereocenters. The number of carbonyl (C=O) groups excluding carboxylic acids is 1. The van der Waals surface area contributed by atoms with Crippen LogP contribution in [0.15, 0.2) is 35.3 Å². The van der Waals surface area contributed by atoms with E-state index in [-0.39, 0.29) is 5.52 Å². The third-order valence-corrected chi connectivity index (χ3v) is 4.54. The van der Waals surface area contributed by atoms with Crippen LogP contribution < -0.4 is 10.9 Å². The van der Waals surface area contributed by atoms with Crippen LogP contribution in [-0.2, 0) is 30.7 Å². The van der Waals surface area contributed by atoms with Crippen LogP contribution in [0.3, 0.4) is 0 Å². The fraction of sp³-hybridized carbons (Fsp3) is 0.333. The summed E-state index contributed by atoms with van der Waals surface area (Å²) in [5, 5.41) is 8.77. The second kappa shape index (κ2) is 7.71. The van der Waals surface area contributed by atoms with Crippen LogP contribution in [-0.4, -0.2) is 25.5 Å². The van der Waals surface area contributed by atoms with E-state index < -0.39 is 53.0 Å². The lowest BCUT2D eigenvalue weighted by Crippen LogP contribution is -2.35. The van der Waals surface area contributed by atoms with E-state index in [0.717, 1.165) is 23.0 Å². The minimum Gasteiger partial charge on any atom is -0.348 e. The number of aryl methyl sites for hydroxylation is 1. The minimum atomic E-state index is -4.88. The van der Waals surface area contributed by atoms with Crippen molar-refractivity contribution in [3.05, 3.63) is 57.6 Å². The largest absolute Gasteiger partial charge is 0.435 e. The Morgan fingerprint density at radius 2 is 1.71 bits per heavy atom. The molecule has 13 heteroatoms. The zero-order valence-electron chi connectivity index (χ0n) is 16.0. The van der Waals surface area contributed by atoms with Gasteiger partial charge in [0.2, 0.25) is 5.91 Å². The quantitative estimate of drug-likeness (QED) is 0.624. The van der Waals surface area contributed by atoms with E-state index in [4.69, 9.17) is 0 Å². The molecule has 0 radical (unpaired) electrons. The molecule has 3 rings (SSSR count). The molecule has 0 fully saturated rings. The van der Waals surface area contributed by atoms with Crippen molar-refractivity contribution in [2.45, 2.75) is 31.9 Å². The van der Waals surface area contributed by atoms with Gasteiger partial charge in [0.25, 0.3) is 5.56 Å². The summed E-state index contributed by atoms with van der Waals surface area (Å²) < 4.78 is 78.9. The van der Waals surface area contributed by atoms with Gasteiger partial charge in [0, 0.05) is 7.05 Å². The molecule has 2 aromatic heterocycles. The van der Waals surface area contributed by atoms with E-state index in [1.54, 1.807) is 0 Å². The highest BCUT2D eigenvalue weighted by molar-refractivity contribution is 5.81. The monoisotopic (exact) mass is 447 g/mol. The number of rotatable bonds is 4. The molecule has 0 aliphatic rings. The topological polar surface area (TPSA) is 81.8 Å². The second-order valence-corrected chi connectivity index (χ2v) is 6.75. The first-order valence-corrected chi connectivity index (χ1v) is 8.75. The Hall–Kier alpha value is -3.38. The maximum Gasteiger partial charge on any atom is 0.435 e. The lowest BCUT2D eigenvalue weighted by Gasteiger charge is -2.16. The highest BCUT2D eigenvalue weighted by atomic mass is 19.4. The zero-order chi connectivity index (χ0) is 23.1. The first kappa shape index (κ1) is 22.3. The number of hydrogen-bond donors (Lipinski definition) is 1. The number of alkyl halides is 6. The van der Waals surface area contributed by atoms with Gasteiger partial charge in [-0.15, -0.1) is 0 Å². The minimum absolute atomic E-state index is 0.146. The van der Waals surface area contributed by atoms with Crippen molar-refractivity contribution in [3.63, 3.8) is 0 Å². The third-order valence-electron chi connectivity index (χ3n) is 4.54. The van der Waals surface area contributed by atoms with Crippen LogP contribution in [0.2, 0.25) is 0 Å². The van der Waals surface area contributed by atoms with E-state index in [0.29, 0.717) is 10.2 Å². The Morgan fingerprint density at radius 1 is 1.10 bits per heavy atom. The predicted molar refractivity (Wildman–Crippen MR) is 95.8 cm³/mol. The van der Waals surface area contributed by atoms with Gasteiger partial charge in [-0.1, -0.05) is 12.1 Å². The van der Waals surface area contributed by atoms with E-state index in [9.17, 15) is 35.9 Å². The van der Waals surface area contributed by atoms with Crippen molar-refractivity contribution in [2.24, 2.45) is 7.05 Å². The molecule has 7 nitrogen and oxygen atoms in total. The van der Waals surface area contributed by atoms with Gasteiger partial charge in [-0.25, -0.2) is 4.68 Å². The van der Waals surface area contributed by atoms with E-state index >= 15 is 0 Å². The van der Waals surface area contributed by atoms with Crippen molar-refractivity contribution >= 4 is 16.8 Å². The van der Waals surface area contributed by atoms with Crippen LogP contribution in [0.5, 0.6) is 0 Å². The Balaban J connectivity index is 1.80. The first-order chi connectivity index (χ1) is 14.3. The van der Waals surface area contributed by atoms with E-state index in [1.807, 2.05) is 0 Å². The average molecular weight is 447 g/mol. The summed E-state index contributed by atoms with van der Waals surface area (Å²) in [5.74, 6) is -0.765. The molecular weight excluding hydrogens is 432 g/mol. The number of amides is 1. The molecule has 0 saturated heterocycles. The summed E-state index contributed by atoms with van der Waals surface area (Å²) in [6.45, 7) is 0.814. The van der Waals surface area contributed by atoms with Gasteiger partial charge < -0.3 is 5.32 Å². The van der Waals surface area contributed by atoms with Gasteiger partial charge >= 0.3 is 12.4 Å². The number of nitrogens with zero attached hydrogens (tertiary/aromatic N) is 4. The van der Waals surface area contributed by atoms with Crippen LogP contribution in [0, 0.1) is 0 Å². The first-order valence-electron chi connectivity index (χ1n) is 8.75. The van der Waals surface area contributed by atoms with E-state index in [2.05, 4.69) is 15.5 Å². The molecule has 1 amide bonds. The number of fused-ring (bicyclic) bond motifs is 1. The number of carbonyl (C=O) groups is 1. The number of benzene rings is 1. The van der Waals surface area contributed by atoms with Crippen LogP contribution in [0.4, 0.5) is 26.3 Å². The summed E-state index contributed by atoms with van der Waals surface area (Å²) in [7, 11) is 1.22. The van der Waals surface area contributed by atoms with Crippen LogP contribution >= 0.6 is 0 Å². The van der Waals surface area contributed by atoms with Crippen molar-refractivity contribution in [3.8, 4) is 0 Å². The number of aromatic nitrogens is 4. The molecular formula is C18H15F6N5O2. The average Bonchev–Trinajstić information content (AvgIpc) is 3.01. The standard InChI is InChI=1S/C18H15F6N5O2/c1-9(10-3-5-11(6-4-10)17(19,20)21)26-13(30)8-29-16(31)14-12(7-25-29)28(2)27-15(14)18(22,23)24/h3-7,9H,8H2,1-2H3,(H,26,30). The molecule has 31 heavy (non-hydrogen) atoms. The molecule has 0 spiro atoms. The lowest BCUT2D eigenvalue weighted by molar-refractivity contribution is -0.140. The smallest absolute Gasteiger partial charge is 0.348 e. The summed E-state index contributed by atoms with van der Waals surface area (Å²) in [4.78, 5) is 24.8. The predicted octanol–water partition coefficient (Wildman–Crippen LogP) is 3.05. The van der Waals surface area contributed by atoms with Crippen molar-refractivity contribution in [2.75, 3.05) is 0 Å². The second-order valence-electron chi connectivity index (χ2n) is 6.75. The van der Waals surface area contributed by atoms with Crippen LogP contribution in [0.25, 0.3) is 10.9 Å². The summed E-state index contributed by atoms with van der Waals surface area (Å²) >= 11 is 0.